The van der Waals surface area contributed by atoms with Crippen LogP contribution in [-0.2, 0) is 9.59 Å². The molecule has 0 aliphatic rings. The van der Waals surface area contributed by atoms with Crippen molar-refractivity contribution in [3.05, 3.63) is 18.2 Å². The summed E-state index contributed by atoms with van der Waals surface area (Å²) in [7, 11) is 3.01. The van der Waals surface area contributed by atoms with Gasteiger partial charge in [0.15, 0.2) is 0 Å². The van der Waals surface area contributed by atoms with Crippen LogP contribution in [0.1, 0.15) is 20.3 Å². The van der Waals surface area contributed by atoms with Gasteiger partial charge in [-0.05, 0) is 24.5 Å². The number of hydrogen-bond acceptors (Lipinski definition) is 4. The maximum Gasteiger partial charge on any atom is 0.313 e. The van der Waals surface area contributed by atoms with Crippen LogP contribution in [0.4, 0.5) is 5.69 Å². The molecule has 0 bridgehead atoms. The summed E-state index contributed by atoms with van der Waals surface area (Å²) in [4.78, 5) is 23.5. The number of amides is 2. The van der Waals surface area contributed by atoms with Crippen molar-refractivity contribution < 1.29 is 19.1 Å². The highest BCUT2D eigenvalue weighted by atomic mass is 16.5. The Balaban J connectivity index is 2.67. The van der Waals surface area contributed by atoms with Crippen molar-refractivity contribution in [1.29, 1.82) is 0 Å². The van der Waals surface area contributed by atoms with Crippen LogP contribution >= 0.6 is 0 Å². The van der Waals surface area contributed by atoms with E-state index in [1.807, 2.05) is 13.8 Å². The van der Waals surface area contributed by atoms with Crippen molar-refractivity contribution in [2.24, 2.45) is 5.92 Å². The van der Waals surface area contributed by atoms with Crippen molar-refractivity contribution in [2.75, 3.05) is 26.1 Å². The monoisotopic (exact) mass is 294 g/mol. The van der Waals surface area contributed by atoms with Crippen molar-refractivity contribution in [3.8, 4) is 11.5 Å². The average molecular weight is 294 g/mol. The number of carbonyl (C=O) groups is 2. The van der Waals surface area contributed by atoms with Gasteiger partial charge in [-0.25, -0.2) is 0 Å². The Morgan fingerprint density at radius 3 is 2.43 bits per heavy atom. The van der Waals surface area contributed by atoms with Crippen LogP contribution in [0.25, 0.3) is 0 Å². The molecular formula is C15H22N2O4. The minimum atomic E-state index is -0.731. The summed E-state index contributed by atoms with van der Waals surface area (Å²) in [5, 5.41) is 5.10. The number of carbonyl (C=O) groups excluding carboxylic acids is 2. The standard InChI is InChI=1S/C15H22N2O4/c1-10(2)7-8-16-14(18)15(19)17-12-9-11(20-3)5-6-13(12)21-4/h5-6,9-10H,7-8H2,1-4H3,(H,16,18)(H,17,19). The van der Waals surface area contributed by atoms with Gasteiger partial charge in [-0.1, -0.05) is 13.8 Å². The Bertz CT molecular complexity index is 500. The van der Waals surface area contributed by atoms with Gasteiger partial charge in [-0.15, -0.1) is 0 Å². The summed E-state index contributed by atoms with van der Waals surface area (Å²) in [6.07, 6.45) is 0.821. The van der Waals surface area contributed by atoms with Gasteiger partial charge in [-0.3, -0.25) is 9.59 Å². The Hall–Kier alpha value is -2.24. The fourth-order valence-corrected chi connectivity index (χ4v) is 1.65. The van der Waals surface area contributed by atoms with Crippen LogP contribution in [0.2, 0.25) is 0 Å². The lowest BCUT2D eigenvalue weighted by atomic mass is 10.1. The summed E-state index contributed by atoms with van der Waals surface area (Å²) < 4.78 is 10.2. The number of anilines is 1. The van der Waals surface area contributed by atoms with Gasteiger partial charge in [0.25, 0.3) is 0 Å². The predicted octanol–water partition coefficient (Wildman–Crippen LogP) is 1.80. The highest BCUT2D eigenvalue weighted by Gasteiger charge is 2.16. The summed E-state index contributed by atoms with van der Waals surface area (Å²) in [6.45, 7) is 4.57. The van der Waals surface area contributed by atoms with E-state index in [9.17, 15) is 9.59 Å². The van der Waals surface area contributed by atoms with Gasteiger partial charge < -0.3 is 20.1 Å². The largest absolute Gasteiger partial charge is 0.497 e. The molecule has 0 aromatic heterocycles. The second-order valence-corrected chi connectivity index (χ2v) is 4.96. The van der Waals surface area contributed by atoms with E-state index < -0.39 is 11.8 Å². The molecule has 1 aromatic rings. The van der Waals surface area contributed by atoms with E-state index in [0.717, 1.165) is 6.42 Å². The Kier molecular flexibility index (Phi) is 6.52. The number of rotatable bonds is 6. The Morgan fingerprint density at radius 1 is 1.14 bits per heavy atom. The first kappa shape index (κ1) is 16.8. The van der Waals surface area contributed by atoms with Gasteiger partial charge in [-0.2, -0.15) is 0 Å². The fourth-order valence-electron chi connectivity index (χ4n) is 1.65. The van der Waals surface area contributed by atoms with E-state index in [-0.39, 0.29) is 0 Å². The molecule has 2 amide bonds. The molecule has 0 saturated heterocycles. The van der Waals surface area contributed by atoms with Crippen LogP contribution in [0, 0.1) is 5.92 Å². The summed E-state index contributed by atoms with van der Waals surface area (Å²) >= 11 is 0. The van der Waals surface area contributed by atoms with Gasteiger partial charge >= 0.3 is 11.8 Å². The van der Waals surface area contributed by atoms with Crippen molar-refractivity contribution in [1.82, 2.24) is 5.32 Å². The maximum absolute atomic E-state index is 11.8. The Morgan fingerprint density at radius 2 is 1.86 bits per heavy atom. The SMILES string of the molecule is COc1ccc(OC)c(NC(=O)C(=O)NCCC(C)C)c1. The number of methoxy groups -OCH3 is 2. The molecule has 0 radical (unpaired) electrons. The van der Waals surface area contributed by atoms with E-state index in [2.05, 4.69) is 10.6 Å². The molecule has 0 aliphatic heterocycles. The highest BCUT2D eigenvalue weighted by Crippen LogP contribution is 2.28. The van der Waals surface area contributed by atoms with Crippen LogP contribution in [0.15, 0.2) is 18.2 Å². The normalized spacial score (nSPS) is 10.1. The number of benzene rings is 1. The van der Waals surface area contributed by atoms with Gasteiger partial charge in [0.1, 0.15) is 11.5 Å². The van der Waals surface area contributed by atoms with Gasteiger partial charge in [0.05, 0.1) is 19.9 Å². The van der Waals surface area contributed by atoms with Gasteiger partial charge in [0, 0.05) is 12.6 Å². The quantitative estimate of drug-likeness (QED) is 0.784. The lowest BCUT2D eigenvalue weighted by molar-refractivity contribution is -0.136. The molecule has 6 nitrogen and oxygen atoms in total. The maximum atomic E-state index is 11.8. The number of nitrogens with one attached hydrogen (secondary N) is 2. The smallest absolute Gasteiger partial charge is 0.313 e. The lowest BCUT2D eigenvalue weighted by Crippen LogP contribution is -2.36. The second-order valence-electron chi connectivity index (χ2n) is 4.96. The first-order valence-electron chi connectivity index (χ1n) is 6.79. The first-order valence-corrected chi connectivity index (χ1v) is 6.79. The molecule has 1 aromatic carbocycles. The van der Waals surface area contributed by atoms with E-state index in [4.69, 9.17) is 9.47 Å². The molecule has 116 valence electrons. The molecule has 2 N–H and O–H groups in total. The second kappa shape index (κ2) is 8.14. The third-order valence-electron chi connectivity index (χ3n) is 2.87. The van der Waals surface area contributed by atoms with Crippen molar-refractivity contribution >= 4 is 17.5 Å². The molecule has 0 spiro atoms. The third-order valence-corrected chi connectivity index (χ3v) is 2.87. The molecule has 0 aliphatic carbocycles. The van der Waals surface area contributed by atoms with Crippen molar-refractivity contribution in [3.63, 3.8) is 0 Å². The minimum Gasteiger partial charge on any atom is -0.497 e. The van der Waals surface area contributed by atoms with E-state index in [0.29, 0.717) is 29.6 Å². The van der Waals surface area contributed by atoms with Crippen LogP contribution in [0.5, 0.6) is 11.5 Å². The molecule has 0 fully saturated rings. The zero-order valence-electron chi connectivity index (χ0n) is 12.9. The Labute approximate surface area is 124 Å². The van der Waals surface area contributed by atoms with Gasteiger partial charge in [0.2, 0.25) is 0 Å². The summed E-state index contributed by atoms with van der Waals surface area (Å²) in [5.41, 5.74) is 0.390. The van der Waals surface area contributed by atoms with Crippen LogP contribution < -0.4 is 20.1 Å². The predicted molar refractivity (Wildman–Crippen MR) is 80.6 cm³/mol. The molecule has 1 rings (SSSR count). The molecule has 6 heteroatoms. The van der Waals surface area contributed by atoms with Crippen molar-refractivity contribution in [2.45, 2.75) is 20.3 Å². The molecule has 0 heterocycles. The van der Waals surface area contributed by atoms with E-state index >= 15 is 0 Å². The molecule has 0 unspecified atom stereocenters. The lowest BCUT2D eigenvalue weighted by Gasteiger charge is -2.12. The third kappa shape index (κ3) is 5.33. The summed E-state index contributed by atoms with van der Waals surface area (Å²) in [5.74, 6) is 0.0862. The topological polar surface area (TPSA) is 76.7 Å². The van der Waals surface area contributed by atoms with Crippen LogP contribution in [0.3, 0.4) is 0 Å². The summed E-state index contributed by atoms with van der Waals surface area (Å²) in [6, 6.07) is 4.96. The number of hydrogen-bond donors (Lipinski definition) is 2. The molecule has 0 atom stereocenters. The number of ether oxygens (including phenoxy) is 2. The first-order chi connectivity index (χ1) is 9.97. The molecule has 21 heavy (non-hydrogen) atoms. The molecule has 0 saturated carbocycles. The zero-order chi connectivity index (χ0) is 15.8. The fraction of sp³-hybridized carbons (Fsp3) is 0.467. The zero-order valence-corrected chi connectivity index (χ0v) is 12.9. The van der Waals surface area contributed by atoms with E-state index in [1.54, 1.807) is 18.2 Å². The average Bonchev–Trinajstić information content (AvgIpc) is 2.46. The highest BCUT2D eigenvalue weighted by molar-refractivity contribution is 6.39. The molecular weight excluding hydrogens is 272 g/mol. The minimum absolute atomic E-state index is 0.390. The van der Waals surface area contributed by atoms with Crippen LogP contribution in [-0.4, -0.2) is 32.6 Å². The van der Waals surface area contributed by atoms with E-state index in [1.165, 1.54) is 14.2 Å².